The molecule has 3 heterocycles. The zero-order valence-electron chi connectivity index (χ0n) is 13.4. The molecule has 0 saturated carbocycles. The van der Waals surface area contributed by atoms with Crippen LogP contribution < -0.4 is 10.2 Å². The quantitative estimate of drug-likeness (QED) is 0.805. The summed E-state index contributed by atoms with van der Waals surface area (Å²) in [7, 11) is 0. The molecule has 1 aliphatic rings. The monoisotopic (exact) mass is 321 g/mol. The molecule has 2 aromatic heterocycles. The number of fused-ring (bicyclic) bond motifs is 1. The highest BCUT2D eigenvalue weighted by molar-refractivity contribution is 6.03. The number of benzene rings is 1. The number of rotatable bonds is 3. The van der Waals surface area contributed by atoms with Crippen molar-refractivity contribution in [2.45, 2.75) is 19.3 Å². The minimum atomic E-state index is -0.226. The summed E-state index contributed by atoms with van der Waals surface area (Å²) >= 11 is 0. The molecule has 1 N–H and O–H groups in total. The van der Waals surface area contributed by atoms with Crippen LogP contribution in [-0.4, -0.2) is 33.4 Å². The standard InChI is InChI=1S/C18H19N5O/c24-17(16-13-23-11-5-8-19-18(23)21-16)20-14-6-4-7-15(12-14)22-9-2-1-3-10-22/h4-8,11-13H,1-3,9-10H2,(H,20,24). The molecule has 0 spiro atoms. The number of hydrogen-bond acceptors (Lipinski definition) is 4. The highest BCUT2D eigenvalue weighted by Crippen LogP contribution is 2.23. The topological polar surface area (TPSA) is 62.5 Å². The number of aromatic nitrogens is 3. The van der Waals surface area contributed by atoms with Crippen LogP contribution in [0.25, 0.3) is 5.78 Å². The third-order valence-corrected chi connectivity index (χ3v) is 4.29. The molecule has 6 heteroatoms. The summed E-state index contributed by atoms with van der Waals surface area (Å²) in [5.41, 5.74) is 2.30. The predicted octanol–water partition coefficient (Wildman–Crippen LogP) is 2.97. The SMILES string of the molecule is O=C(Nc1cccc(N2CCCCC2)c1)c1cn2cccnc2n1. The van der Waals surface area contributed by atoms with Gasteiger partial charge in [0.2, 0.25) is 5.78 Å². The van der Waals surface area contributed by atoms with Gasteiger partial charge in [-0.05, 0) is 43.5 Å². The first-order valence-corrected chi connectivity index (χ1v) is 8.26. The predicted molar refractivity (Wildman–Crippen MR) is 93.4 cm³/mol. The molecule has 0 atom stereocenters. The zero-order valence-corrected chi connectivity index (χ0v) is 13.4. The fourth-order valence-electron chi connectivity index (χ4n) is 3.07. The van der Waals surface area contributed by atoms with E-state index in [0.717, 1.165) is 24.5 Å². The van der Waals surface area contributed by atoms with Crippen molar-refractivity contribution in [3.63, 3.8) is 0 Å². The summed E-state index contributed by atoms with van der Waals surface area (Å²) in [4.78, 5) is 23.2. The van der Waals surface area contributed by atoms with Gasteiger partial charge < -0.3 is 10.2 Å². The second-order valence-corrected chi connectivity index (χ2v) is 6.01. The second kappa shape index (κ2) is 6.31. The number of nitrogens with zero attached hydrogens (tertiary/aromatic N) is 4. The van der Waals surface area contributed by atoms with Crippen molar-refractivity contribution in [1.82, 2.24) is 14.4 Å². The van der Waals surface area contributed by atoms with Gasteiger partial charge in [0.1, 0.15) is 5.69 Å². The molecule has 0 radical (unpaired) electrons. The normalized spacial score (nSPS) is 14.8. The molecule has 1 saturated heterocycles. The Morgan fingerprint density at radius 3 is 2.83 bits per heavy atom. The van der Waals surface area contributed by atoms with Crippen LogP contribution in [0.5, 0.6) is 0 Å². The number of carbonyl (C=O) groups is 1. The minimum absolute atomic E-state index is 0.226. The number of piperidine rings is 1. The van der Waals surface area contributed by atoms with Gasteiger partial charge in [-0.15, -0.1) is 0 Å². The van der Waals surface area contributed by atoms with E-state index in [-0.39, 0.29) is 5.91 Å². The molecule has 1 aliphatic heterocycles. The van der Waals surface area contributed by atoms with Gasteiger partial charge in [0.25, 0.3) is 5.91 Å². The van der Waals surface area contributed by atoms with Crippen molar-refractivity contribution in [3.8, 4) is 0 Å². The lowest BCUT2D eigenvalue weighted by molar-refractivity contribution is 0.102. The Morgan fingerprint density at radius 1 is 1.12 bits per heavy atom. The van der Waals surface area contributed by atoms with Gasteiger partial charge in [-0.2, -0.15) is 0 Å². The van der Waals surface area contributed by atoms with Crippen molar-refractivity contribution >= 4 is 23.1 Å². The zero-order chi connectivity index (χ0) is 16.4. The Kier molecular flexibility index (Phi) is 3.86. The van der Waals surface area contributed by atoms with E-state index in [0.29, 0.717) is 11.5 Å². The number of imidazole rings is 1. The molecular weight excluding hydrogens is 302 g/mol. The average molecular weight is 321 g/mol. The van der Waals surface area contributed by atoms with E-state index in [1.165, 1.54) is 19.3 Å². The number of nitrogens with one attached hydrogen (secondary N) is 1. The summed E-state index contributed by atoms with van der Waals surface area (Å²) in [5, 5.41) is 2.93. The Bertz CT molecular complexity index is 833. The largest absolute Gasteiger partial charge is 0.371 e. The number of carbonyl (C=O) groups excluding carboxylic acids is 1. The van der Waals surface area contributed by atoms with Crippen LogP contribution in [0.4, 0.5) is 11.4 Å². The van der Waals surface area contributed by atoms with E-state index in [4.69, 9.17) is 0 Å². The molecule has 6 nitrogen and oxygen atoms in total. The molecule has 0 unspecified atom stereocenters. The number of anilines is 2. The van der Waals surface area contributed by atoms with Gasteiger partial charge in [-0.1, -0.05) is 6.07 Å². The molecule has 4 rings (SSSR count). The van der Waals surface area contributed by atoms with Crippen LogP contribution in [0.1, 0.15) is 29.8 Å². The average Bonchev–Trinajstić information content (AvgIpc) is 3.07. The number of amides is 1. The van der Waals surface area contributed by atoms with Crippen LogP contribution in [0.3, 0.4) is 0 Å². The van der Waals surface area contributed by atoms with E-state index >= 15 is 0 Å². The van der Waals surface area contributed by atoms with Gasteiger partial charge in [0.05, 0.1) is 0 Å². The van der Waals surface area contributed by atoms with Crippen LogP contribution in [-0.2, 0) is 0 Å². The van der Waals surface area contributed by atoms with Crippen LogP contribution in [0.15, 0.2) is 48.9 Å². The van der Waals surface area contributed by atoms with Gasteiger partial charge in [-0.25, -0.2) is 9.97 Å². The maximum absolute atomic E-state index is 12.4. The van der Waals surface area contributed by atoms with Crippen LogP contribution >= 0.6 is 0 Å². The lowest BCUT2D eigenvalue weighted by Crippen LogP contribution is -2.29. The van der Waals surface area contributed by atoms with Gasteiger partial charge in [0, 0.05) is 43.1 Å². The maximum Gasteiger partial charge on any atom is 0.275 e. The Balaban J connectivity index is 1.52. The fraction of sp³-hybridized carbons (Fsp3) is 0.278. The Morgan fingerprint density at radius 2 is 2.00 bits per heavy atom. The molecule has 0 aliphatic carbocycles. The van der Waals surface area contributed by atoms with Crippen molar-refractivity contribution in [2.24, 2.45) is 0 Å². The molecular formula is C18H19N5O. The molecule has 24 heavy (non-hydrogen) atoms. The van der Waals surface area contributed by atoms with E-state index in [2.05, 4.69) is 26.3 Å². The molecule has 3 aromatic rings. The lowest BCUT2D eigenvalue weighted by Gasteiger charge is -2.29. The highest BCUT2D eigenvalue weighted by Gasteiger charge is 2.14. The van der Waals surface area contributed by atoms with Crippen molar-refractivity contribution < 1.29 is 4.79 Å². The Hall–Kier alpha value is -2.89. The van der Waals surface area contributed by atoms with Crippen molar-refractivity contribution in [3.05, 3.63) is 54.6 Å². The van der Waals surface area contributed by atoms with Crippen molar-refractivity contribution in [1.29, 1.82) is 0 Å². The molecule has 122 valence electrons. The smallest absolute Gasteiger partial charge is 0.275 e. The van der Waals surface area contributed by atoms with Crippen LogP contribution in [0.2, 0.25) is 0 Å². The van der Waals surface area contributed by atoms with E-state index in [1.807, 2.05) is 24.4 Å². The van der Waals surface area contributed by atoms with Crippen molar-refractivity contribution in [2.75, 3.05) is 23.3 Å². The molecule has 1 amide bonds. The molecule has 1 aromatic carbocycles. The minimum Gasteiger partial charge on any atom is -0.371 e. The first kappa shape index (κ1) is 14.7. The van der Waals surface area contributed by atoms with Gasteiger partial charge >= 0.3 is 0 Å². The summed E-state index contributed by atoms with van der Waals surface area (Å²) in [6.45, 7) is 2.16. The van der Waals surface area contributed by atoms with Crippen LogP contribution in [0, 0.1) is 0 Å². The summed E-state index contributed by atoms with van der Waals surface area (Å²) < 4.78 is 1.74. The van der Waals surface area contributed by atoms with E-state index in [9.17, 15) is 4.79 Å². The van der Waals surface area contributed by atoms with Gasteiger partial charge in [0.15, 0.2) is 0 Å². The lowest BCUT2D eigenvalue weighted by atomic mass is 10.1. The molecule has 0 bridgehead atoms. The fourth-order valence-corrected chi connectivity index (χ4v) is 3.07. The highest BCUT2D eigenvalue weighted by atomic mass is 16.1. The van der Waals surface area contributed by atoms with E-state index < -0.39 is 0 Å². The van der Waals surface area contributed by atoms with Gasteiger partial charge in [-0.3, -0.25) is 9.20 Å². The Labute approximate surface area is 140 Å². The number of hydrogen-bond donors (Lipinski definition) is 1. The van der Waals surface area contributed by atoms with E-state index in [1.54, 1.807) is 22.9 Å². The molecule has 1 fully saturated rings. The third kappa shape index (κ3) is 2.95. The maximum atomic E-state index is 12.4. The summed E-state index contributed by atoms with van der Waals surface area (Å²) in [6, 6.07) is 9.80. The first-order chi connectivity index (χ1) is 11.8. The summed E-state index contributed by atoms with van der Waals surface area (Å²) in [6.07, 6.45) is 8.92. The third-order valence-electron chi connectivity index (χ3n) is 4.29. The second-order valence-electron chi connectivity index (χ2n) is 6.01. The summed E-state index contributed by atoms with van der Waals surface area (Å²) in [5.74, 6) is 0.293. The first-order valence-electron chi connectivity index (χ1n) is 8.26.